The Morgan fingerprint density at radius 2 is 2.15 bits per heavy atom. The van der Waals surface area contributed by atoms with Gasteiger partial charge in [-0.3, -0.25) is 0 Å². The molecular weight excluding hydrogens is 336 g/mol. The normalized spacial score (nSPS) is 26.5. The first-order valence-electron chi connectivity index (χ1n) is 11.1. The van der Waals surface area contributed by atoms with Crippen molar-refractivity contribution >= 4 is 11.8 Å². The Morgan fingerprint density at radius 1 is 1.23 bits per heavy atom. The summed E-state index contributed by atoms with van der Waals surface area (Å²) in [5.74, 6) is 0.784. The molecule has 2 nitrogen and oxygen atoms in total. The van der Waals surface area contributed by atoms with E-state index in [1.165, 1.54) is 70.8 Å². The predicted octanol–water partition coefficient (Wildman–Crippen LogP) is 5.98. The summed E-state index contributed by atoms with van der Waals surface area (Å²) in [5.41, 5.74) is 5.12. The van der Waals surface area contributed by atoms with Crippen molar-refractivity contribution in [2.75, 3.05) is 19.6 Å². The second-order valence-corrected chi connectivity index (χ2v) is 9.59. The van der Waals surface area contributed by atoms with E-state index in [9.17, 15) is 0 Å². The Morgan fingerprint density at radius 3 is 3.00 bits per heavy atom. The van der Waals surface area contributed by atoms with Gasteiger partial charge in [0.15, 0.2) is 0 Å². The number of nitrogens with zero attached hydrogens (tertiary/aromatic N) is 1. The highest BCUT2D eigenvalue weighted by atomic mass is 32.2. The highest BCUT2D eigenvalue weighted by molar-refractivity contribution is 8.06. The predicted molar refractivity (Wildman–Crippen MR) is 114 cm³/mol. The minimum absolute atomic E-state index is 0.690. The first-order valence-corrected chi connectivity index (χ1v) is 12.0. The first-order chi connectivity index (χ1) is 12.8. The van der Waals surface area contributed by atoms with E-state index in [4.69, 9.17) is 0 Å². The van der Waals surface area contributed by atoms with Crippen molar-refractivity contribution in [2.45, 2.75) is 84.1 Å². The van der Waals surface area contributed by atoms with Gasteiger partial charge in [-0.1, -0.05) is 57.4 Å². The minimum Gasteiger partial charge on any atom is -0.360 e. The molecule has 0 bridgehead atoms. The molecule has 2 unspecified atom stereocenters. The van der Waals surface area contributed by atoms with Crippen molar-refractivity contribution in [2.24, 2.45) is 5.92 Å². The van der Waals surface area contributed by atoms with Crippen LogP contribution in [0.15, 0.2) is 32.7 Å². The van der Waals surface area contributed by atoms with Gasteiger partial charge in [0.1, 0.15) is 0 Å². The van der Waals surface area contributed by atoms with Crippen LogP contribution in [0.4, 0.5) is 0 Å². The van der Waals surface area contributed by atoms with Crippen molar-refractivity contribution in [3.8, 4) is 0 Å². The highest BCUT2D eigenvalue weighted by Crippen LogP contribution is 2.51. The van der Waals surface area contributed by atoms with Crippen LogP contribution in [0.5, 0.6) is 0 Å². The van der Waals surface area contributed by atoms with Crippen molar-refractivity contribution in [3.05, 3.63) is 32.7 Å². The van der Waals surface area contributed by atoms with E-state index in [1.807, 2.05) is 0 Å². The zero-order valence-electron chi connectivity index (χ0n) is 16.8. The van der Waals surface area contributed by atoms with Crippen LogP contribution < -0.4 is 5.32 Å². The van der Waals surface area contributed by atoms with E-state index in [1.54, 1.807) is 26.7 Å². The molecule has 0 aromatic heterocycles. The fourth-order valence-corrected chi connectivity index (χ4v) is 6.82. The summed E-state index contributed by atoms with van der Waals surface area (Å²) < 4.78 is 0. The Kier molecular flexibility index (Phi) is 6.15. The Balaban J connectivity index is 1.54. The molecule has 1 N–H and O–H groups in total. The maximum Gasteiger partial charge on any atom is 0.0537 e. The monoisotopic (exact) mass is 372 g/mol. The lowest BCUT2D eigenvalue weighted by molar-refractivity contribution is 0.299. The summed E-state index contributed by atoms with van der Waals surface area (Å²) in [5, 5.41) is 3.62. The van der Waals surface area contributed by atoms with Crippen LogP contribution in [0.1, 0.15) is 78.1 Å². The molecule has 3 heteroatoms. The van der Waals surface area contributed by atoms with Crippen LogP contribution in [0.2, 0.25) is 0 Å². The molecule has 0 saturated carbocycles. The third-order valence-corrected chi connectivity index (χ3v) is 8.15. The van der Waals surface area contributed by atoms with E-state index in [-0.39, 0.29) is 0 Å². The van der Waals surface area contributed by atoms with E-state index in [0.717, 1.165) is 19.0 Å². The molecule has 3 heterocycles. The molecule has 1 fully saturated rings. The molecule has 1 aliphatic carbocycles. The van der Waals surface area contributed by atoms with Crippen molar-refractivity contribution in [1.82, 2.24) is 10.2 Å². The number of thioether (sulfide) groups is 1. The van der Waals surface area contributed by atoms with Crippen LogP contribution in [-0.4, -0.2) is 30.6 Å². The zero-order valence-corrected chi connectivity index (χ0v) is 17.6. The number of rotatable bonds is 7. The van der Waals surface area contributed by atoms with Crippen LogP contribution in [0.25, 0.3) is 0 Å². The van der Waals surface area contributed by atoms with Gasteiger partial charge in [0, 0.05) is 18.0 Å². The summed E-state index contributed by atoms with van der Waals surface area (Å²) in [6.45, 7) is 8.16. The van der Waals surface area contributed by atoms with Crippen molar-refractivity contribution < 1.29 is 0 Å². The fraction of sp³-hybridized carbons (Fsp3) is 0.739. The second kappa shape index (κ2) is 8.56. The molecule has 4 rings (SSSR count). The molecule has 0 spiro atoms. The van der Waals surface area contributed by atoms with Gasteiger partial charge in [0.05, 0.1) is 11.7 Å². The van der Waals surface area contributed by atoms with Gasteiger partial charge in [-0.15, -0.1) is 0 Å². The minimum atomic E-state index is 0.690. The number of nitrogens with one attached hydrogen (secondary N) is 1. The Labute approximate surface area is 164 Å². The van der Waals surface area contributed by atoms with E-state index in [2.05, 4.69) is 41.9 Å². The lowest BCUT2D eigenvalue weighted by atomic mass is 9.93. The van der Waals surface area contributed by atoms with Crippen LogP contribution in [0.3, 0.4) is 0 Å². The number of fused-ring (bicyclic) bond motifs is 2. The van der Waals surface area contributed by atoms with Gasteiger partial charge in [0.25, 0.3) is 0 Å². The quantitative estimate of drug-likeness (QED) is 0.553. The van der Waals surface area contributed by atoms with E-state index < -0.39 is 0 Å². The van der Waals surface area contributed by atoms with E-state index in [0.29, 0.717) is 6.04 Å². The number of hydrogen-bond donors (Lipinski definition) is 1. The molecule has 1 saturated heterocycles. The third kappa shape index (κ3) is 3.54. The van der Waals surface area contributed by atoms with Gasteiger partial charge in [-0.05, 0) is 67.0 Å². The highest BCUT2D eigenvalue weighted by Gasteiger charge is 2.40. The molecule has 0 aromatic carbocycles. The number of hydrogen-bond acceptors (Lipinski definition) is 3. The Hall–Kier alpha value is -0.670. The third-order valence-electron chi connectivity index (χ3n) is 6.78. The summed E-state index contributed by atoms with van der Waals surface area (Å²) in [7, 11) is 0. The maximum absolute atomic E-state index is 3.62. The topological polar surface area (TPSA) is 15.3 Å². The number of allylic oxidation sites excluding steroid dienone is 3. The SMILES string of the molecule is CCCCCCC(CC)C1=CCN2C3=C(CCCC3=C3CNCCC32)S1. The average Bonchev–Trinajstić information content (AvgIpc) is 2.87. The fourth-order valence-electron chi connectivity index (χ4n) is 5.34. The first kappa shape index (κ1) is 18.7. The van der Waals surface area contributed by atoms with Gasteiger partial charge in [-0.2, -0.15) is 0 Å². The van der Waals surface area contributed by atoms with Gasteiger partial charge < -0.3 is 10.2 Å². The lowest BCUT2D eigenvalue weighted by Crippen LogP contribution is -2.40. The average molecular weight is 373 g/mol. The smallest absolute Gasteiger partial charge is 0.0537 e. The summed E-state index contributed by atoms with van der Waals surface area (Å²) in [6, 6.07) is 0.690. The maximum atomic E-state index is 3.62. The summed E-state index contributed by atoms with van der Waals surface area (Å²) in [6.07, 6.45) is 16.1. The molecule has 0 radical (unpaired) electrons. The van der Waals surface area contributed by atoms with Gasteiger partial charge >= 0.3 is 0 Å². The van der Waals surface area contributed by atoms with Crippen LogP contribution in [0, 0.1) is 5.92 Å². The van der Waals surface area contributed by atoms with Crippen molar-refractivity contribution in [3.63, 3.8) is 0 Å². The molecule has 2 atom stereocenters. The number of piperidine rings is 1. The molecule has 144 valence electrons. The number of unbranched alkanes of at least 4 members (excludes halogenated alkanes) is 3. The molecule has 0 aromatic rings. The standard InChI is InChI=1S/C23H36N2S/c1-3-5-6-7-9-17(4-2)21-13-15-25-20-12-14-24-16-19(20)18-10-8-11-22(26-21)23(18)25/h13,17,20,24H,3-12,14-16H2,1-2H3. The Bertz CT molecular complexity index is 616. The molecule has 26 heavy (non-hydrogen) atoms. The van der Waals surface area contributed by atoms with Gasteiger partial charge in [-0.25, -0.2) is 0 Å². The molecular formula is C23H36N2S. The largest absolute Gasteiger partial charge is 0.360 e. The lowest BCUT2D eigenvalue weighted by Gasteiger charge is -2.32. The summed E-state index contributed by atoms with van der Waals surface area (Å²) >= 11 is 2.17. The second-order valence-electron chi connectivity index (χ2n) is 8.43. The van der Waals surface area contributed by atoms with E-state index >= 15 is 0 Å². The molecule has 3 aliphatic heterocycles. The van der Waals surface area contributed by atoms with Crippen LogP contribution >= 0.6 is 11.8 Å². The summed E-state index contributed by atoms with van der Waals surface area (Å²) in [4.78, 5) is 6.17. The zero-order chi connectivity index (χ0) is 17.9. The van der Waals surface area contributed by atoms with Crippen molar-refractivity contribution in [1.29, 1.82) is 0 Å². The van der Waals surface area contributed by atoms with Crippen LogP contribution in [-0.2, 0) is 0 Å². The molecule has 4 aliphatic rings. The van der Waals surface area contributed by atoms with Gasteiger partial charge in [0.2, 0.25) is 0 Å². The molecule has 0 amide bonds.